The van der Waals surface area contributed by atoms with Gasteiger partial charge in [-0.2, -0.15) is 4.31 Å². The average Bonchev–Trinajstić information content (AvgIpc) is 2.65. The Balaban J connectivity index is 2.17. The van der Waals surface area contributed by atoms with Gasteiger partial charge in [0, 0.05) is 37.1 Å². The molecule has 0 radical (unpaired) electrons. The zero-order chi connectivity index (χ0) is 19.7. The van der Waals surface area contributed by atoms with Gasteiger partial charge >= 0.3 is 0 Å². The van der Waals surface area contributed by atoms with E-state index in [4.69, 9.17) is 16.7 Å². The molecular weight excluding hydrogens is 384 g/mol. The molecule has 5 nitrogen and oxygen atoms in total. The molecule has 27 heavy (non-hydrogen) atoms. The van der Waals surface area contributed by atoms with Gasteiger partial charge in [-0.3, -0.25) is 4.98 Å². The highest BCUT2D eigenvalue weighted by Crippen LogP contribution is 2.20. The van der Waals surface area contributed by atoms with Gasteiger partial charge < -0.3 is 5.11 Å². The first kappa shape index (κ1) is 21.6. The molecule has 146 valence electrons. The average molecular weight is 409 g/mol. The molecule has 2 rings (SSSR count). The van der Waals surface area contributed by atoms with Crippen LogP contribution in [0, 0.1) is 5.92 Å². The summed E-state index contributed by atoms with van der Waals surface area (Å²) < 4.78 is 27.5. The summed E-state index contributed by atoms with van der Waals surface area (Å²) in [5, 5.41) is 9.57. The first-order valence-corrected chi connectivity index (χ1v) is 10.7. The standard InChI is InChI=1S/C20H25ClN2O3S/c1-17(11-15-24)10-14-23(13-3-5-18-4-2-12-22-16-18)27(25,26)20-8-6-19(21)7-9-20/h2-9,12,16-17,24H,10-11,13-15H2,1H3/t17-/m1/s1. The number of rotatable bonds is 10. The number of pyridine rings is 1. The molecule has 1 aromatic carbocycles. The van der Waals surface area contributed by atoms with E-state index in [0.29, 0.717) is 24.4 Å². The molecule has 0 spiro atoms. The highest BCUT2D eigenvalue weighted by atomic mass is 35.5. The van der Waals surface area contributed by atoms with Gasteiger partial charge in [0.15, 0.2) is 0 Å². The van der Waals surface area contributed by atoms with E-state index in [0.717, 1.165) is 5.56 Å². The fourth-order valence-electron chi connectivity index (χ4n) is 2.58. The van der Waals surface area contributed by atoms with Crippen molar-refractivity contribution in [3.63, 3.8) is 0 Å². The number of hydrogen-bond donors (Lipinski definition) is 1. The van der Waals surface area contributed by atoms with E-state index in [2.05, 4.69) is 4.98 Å². The van der Waals surface area contributed by atoms with Crippen molar-refractivity contribution in [1.82, 2.24) is 9.29 Å². The third kappa shape index (κ3) is 6.74. The predicted octanol–water partition coefficient (Wildman–Crippen LogP) is 3.85. The Bertz CT molecular complexity index is 824. The lowest BCUT2D eigenvalue weighted by Crippen LogP contribution is -2.33. The monoisotopic (exact) mass is 408 g/mol. The lowest BCUT2D eigenvalue weighted by Gasteiger charge is -2.22. The predicted molar refractivity (Wildman–Crippen MR) is 109 cm³/mol. The first-order chi connectivity index (χ1) is 12.9. The topological polar surface area (TPSA) is 70.5 Å². The Labute approximate surface area is 166 Å². The van der Waals surface area contributed by atoms with Crippen LogP contribution in [0.4, 0.5) is 0 Å². The van der Waals surface area contributed by atoms with Crippen molar-refractivity contribution in [1.29, 1.82) is 0 Å². The van der Waals surface area contributed by atoms with Gasteiger partial charge in [0.25, 0.3) is 0 Å². The van der Waals surface area contributed by atoms with Gasteiger partial charge in [0.2, 0.25) is 10.0 Å². The van der Waals surface area contributed by atoms with Crippen LogP contribution in [0.5, 0.6) is 0 Å². The van der Waals surface area contributed by atoms with E-state index in [1.54, 1.807) is 24.5 Å². The number of hydrogen-bond acceptors (Lipinski definition) is 4. The summed E-state index contributed by atoms with van der Waals surface area (Å²) in [7, 11) is -3.64. The smallest absolute Gasteiger partial charge is 0.243 e. The molecule has 2 aromatic rings. The van der Waals surface area contributed by atoms with Gasteiger partial charge in [0.1, 0.15) is 0 Å². The van der Waals surface area contributed by atoms with Gasteiger partial charge in [0.05, 0.1) is 4.90 Å². The molecule has 0 aliphatic heterocycles. The molecule has 0 saturated carbocycles. The van der Waals surface area contributed by atoms with Crippen molar-refractivity contribution in [2.24, 2.45) is 5.92 Å². The minimum Gasteiger partial charge on any atom is -0.396 e. The number of aromatic nitrogens is 1. The molecule has 1 N–H and O–H groups in total. The minimum atomic E-state index is -3.64. The highest BCUT2D eigenvalue weighted by molar-refractivity contribution is 7.89. The number of halogens is 1. The molecule has 0 saturated heterocycles. The maximum absolute atomic E-state index is 13.0. The number of nitrogens with zero attached hydrogens (tertiary/aromatic N) is 2. The lowest BCUT2D eigenvalue weighted by atomic mass is 10.1. The van der Waals surface area contributed by atoms with Crippen LogP contribution in [0.2, 0.25) is 5.02 Å². The molecule has 0 aliphatic rings. The molecule has 7 heteroatoms. The van der Waals surface area contributed by atoms with Crippen LogP contribution in [0.15, 0.2) is 59.8 Å². The molecule has 1 heterocycles. The van der Waals surface area contributed by atoms with E-state index in [-0.39, 0.29) is 24.0 Å². The summed E-state index contributed by atoms with van der Waals surface area (Å²) in [4.78, 5) is 4.27. The largest absolute Gasteiger partial charge is 0.396 e. The van der Waals surface area contributed by atoms with Crippen molar-refractivity contribution in [2.75, 3.05) is 19.7 Å². The Morgan fingerprint density at radius 2 is 1.96 bits per heavy atom. The lowest BCUT2D eigenvalue weighted by molar-refractivity contribution is 0.253. The number of benzene rings is 1. The van der Waals surface area contributed by atoms with E-state index in [9.17, 15) is 8.42 Å². The van der Waals surface area contributed by atoms with Crippen LogP contribution in [0.25, 0.3) is 6.08 Å². The van der Waals surface area contributed by atoms with Gasteiger partial charge in [-0.25, -0.2) is 8.42 Å². The number of aliphatic hydroxyl groups excluding tert-OH is 1. The normalized spacial score (nSPS) is 13.3. The minimum absolute atomic E-state index is 0.103. The highest BCUT2D eigenvalue weighted by Gasteiger charge is 2.23. The Hall–Kier alpha value is -1.73. The quantitative estimate of drug-likeness (QED) is 0.648. The van der Waals surface area contributed by atoms with Gasteiger partial charge in [-0.1, -0.05) is 36.7 Å². The fourth-order valence-corrected chi connectivity index (χ4v) is 4.11. The van der Waals surface area contributed by atoms with Crippen molar-refractivity contribution in [3.8, 4) is 0 Å². The summed E-state index contributed by atoms with van der Waals surface area (Å²) in [6.45, 7) is 2.75. The molecule has 0 aliphatic carbocycles. The van der Waals surface area contributed by atoms with Crippen LogP contribution in [0.1, 0.15) is 25.3 Å². The third-order valence-corrected chi connectivity index (χ3v) is 6.38. The summed E-state index contributed by atoms with van der Waals surface area (Å²) in [6.07, 6.45) is 8.42. The summed E-state index contributed by atoms with van der Waals surface area (Å²) in [5.41, 5.74) is 0.912. The number of aliphatic hydroxyl groups is 1. The van der Waals surface area contributed by atoms with E-state index in [1.165, 1.54) is 16.4 Å². The van der Waals surface area contributed by atoms with Crippen LogP contribution in [-0.2, 0) is 10.0 Å². The zero-order valence-corrected chi connectivity index (χ0v) is 16.9. The van der Waals surface area contributed by atoms with E-state index < -0.39 is 10.0 Å². The molecular formula is C20H25ClN2O3S. The number of sulfonamides is 1. The second-order valence-electron chi connectivity index (χ2n) is 6.41. The van der Waals surface area contributed by atoms with Gasteiger partial charge in [-0.05, 0) is 54.7 Å². The van der Waals surface area contributed by atoms with Crippen molar-refractivity contribution in [3.05, 3.63) is 65.5 Å². The molecule has 0 amide bonds. The molecule has 0 bridgehead atoms. The molecule has 1 aromatic heterocycles. The molecule has 0 unspecified atom stereocenters. The van der Waals surface area contributed by atoms with Crippen molar-refractivity contribution < 1.29 is 13.5 Å². The second-order valence-corrected chi connectivity index (χ2v) is 8.79. The van der Waals surface area contributed by atoms with E-state index in [1.807, 2.05) is 31.2 Å². The fraction of sp³-hybridized carbons (Fsp3) is 0.350. The Morgan fingerprint density at radius 1 is 1.22 bits per heavy atom. The van der Waals surface area contributed by atoms with Crippen LogP contribution < -0.4 is 0 Å². The first-order valence-electron chi connectivity index (χ1n) is 8.86. The Morgan fingerprint density at radius 3 is 2.59 bits per heavy atom. The SMILES string of the molecule is C[C@@H](CCO)CCN(CC=Cc1cccnc1)S(=O)(=O)c1ccc(Cl)cc1. The summed E-state index contributed by atoms with van der Waals surface area (Å²) in [5.74, 6) is 0.236. The summed E-state index contributed by atoms with van der Waals surface area (Å²) >= 11 is 5.88. The molecule has 0 fully saturated rings. The maximum atomic E-state index is 13.0. The molecule has 1 atom stereocenters. The summed E-state index contributed by atoms with van der Waals surface area (Å²) in [6, 6.07) is 9.93. The Kier molecular flexibility index (Phi) is 8.44. The zero-order valence-electron chi connectivity index (χ0n) is 15.3. The third-order valence-electron chi connectivity index (χ3n) is 4.25. The van der Waals surface area contributed by atoms with Crippen molar-refractivity contribution >= 4 is 27.7 Å². The van der Waals surface area contributed by atoms with Crippen LogP contribution in [0.3, 0.4) is 0 Å². The van der Waals surface area contributed by atoms with Crippen molar-refractivity contribution in [2.45, 2.75) is 24.7 Å². The maximum Gasteiger partial charge on any atom is 0.243 e. The van der Waals surface area contributed by atoms with Gasteiger partial charge in [-0.15, -0.1) is 0 Å². The van der Waals surface area contributed by atoms with E-state index >= 15 is 0 Å². The van der Waals surface area contributed by atoms with Crippen LogP contribution >= 0.6 is 11.6 Å². The van der Waals surface area contributed by atoms with Crippen LogP contribution in [-0.4, -0.2) is 42.5 Å². The second kappa shape index (κ2) is 10.6.